The third-order valence-electron chi connectivity index (χ3n) is 7.49. The Bertz CT molecular complexity index is 1540. The van der Waals surface area contributed by atoms with E-state index in [1.807, 2.05) is 70.5 Å². The van der Waals surface area contributed by atoms with Gasteiger partial charge in [0.1, 0.15) is 17.4 Å². The number of nitrogens with zero attached hydrogens (tertiary/aromatic N) is 3. The molecule has 1 atom stereocenters. The van der Waals surface area contributed by atoms with E-state index >= 15 is 0 Å². The lowest BCUT2D eigenvalue weighted by atomic mass is 9.97. The molecule has 1 aromatic heterocycles. The standard InChI is InChI=1S/C29H29N5O3/c35-27(20-11-8-19(9-12-20)10-13-23-21-6-2-3-7-22(21)31-32-23)24-18-30-14-17-34(24)26-25(28(36)29(26)37)33-15-4-1-5-16-33/h2-3,6-13,24,30H,1,4-5,14-18H2,(H,31,32)/b13-10+. The lowest BCUT2D eigenvalue weighted by Crippen LogP contribution is -2.59. The van der Waals surface area contributed by atoms with Crippen molar-refractivity contribution in [1.29, 1.82) is 0 Å². The fourth-order valence-corrected chi connectivity index (χ4v) is 5.49. The first-order valence-electron chi connectivity index (χ1n) is 12.9. The highest BCUT2D eigenvalue weighted by atomic mass is 16.2. The number of carbonyl (C=O) groups is 1. The largest absolute Gasteiger partial charge is 0.366 e. The molecular weight excluding hydrogens is 466 g/mol. The highest BCUT2D eigenvalue weighted by molar-refractivity contribution is 6.03. The van der Waals surface area contributed by atoms with Crippen molar-refractivity contribution in [2.75, 3.05) is 42.5 Å². The SMILES string of the molecule is O=C(c1ccc(/C=C/c2n[nH]c3ccccc23)cc1)C1CNCCN1c1c(N2CCCCC2)c(=O)c1=O. The number of rotatable bonds is 6. The van der Waals surface area contributed by atoms with Gasteiger partial charge in [-0.3, -0.25) is 19.5 Å². The minimum Gasteiger partial charge on any atom is -0.366 e. The summed E-state index contributed by atoms with van der Waals surface area (Å²) in [5.41, 5.74) is 3.44. The normalized spacial score (nSPS) is 18.8. The smallest absolute Gasteiger partial charge is 0.253 e. The van der Waals surface area contributed by atoms with Crippen LogP contribution in [0.15, 0.2) is 58.1 Å². The number of fused-ring (bicyclic) bond motifs is 1. The molecule has 0 saturated carbocycles. The summed E-state index contributed by atoms with van der Waals surface area (Å²) in [6.07, 6.45) is 7.09. The molecule has 2 saturated heterocycles. The molecule has 0 spiro atoms. The van der Waals surface area contributed by atoms with Crippen LogP contribution in [0.5, 0.6) is 0 Å². The summed E-state index contributed by atoms with van der Waals surface area (Å²) >= 11 is 0. The topological polar surface area (TPSA) is 98.4 Å². The number of aromatic amines is 1. The maximum absolute atomic E-state index is 13.6. The predicted molar refractivity (Wildman–Crippen MR) is 147 cm³/mol. The molecule has 8 nitrogen and oxygen atoms in total. The molecule has 0 aliphatic carbocycles. The Morgan fingerprint density at radius 1 is 0.892 bits per heavy atom. The molecule has 0 amide bonds. The van der Waals surface area contributed by atoms with Gasteiger partial charge in [-0.05, 0) is 37.0 Å². The van der Waals surface area contributed by atoms with Gasteiger partial charge < -0.3 is 15.1 Å². The molecule has 1 unspecified atom stereocenters. The summed E-state index contributed by atoms with van der Waals surface area (Å²) in [4.78, 5) is 42.7. The number of ketones is 1. The van der Waals surface area contributed by atoms with Gasteiger partial charge in [0, 0.05) is 43.7 Å². The molecule has 2 fully saturated rings. The first-order valence-corrected chi connectivity index (χ1v) is 12.9. The van der Waals surface area contributed by atoms with Gasteiger partial charge in [-0.25, -0.2) is 0 Å². The highest BCUT2D eigenvalue weighted by Gasteiger charge is 2.37. The molecular formula is C29H29N5O3. The molecule has 6 rings (SSSR count). The van der Waals surface area contributed by atoms with Gasteiger partial charge >= 0.3 is 0 Å². The second-order valence-corrected chi connectivity index (χ2v) is 9.79. The van der Waals surface area contributed by atoms with Crippen LogP contribution in [0.2, 0.25) is 0 Å². The zero-order valence-electron chi connectivity index (χ0n) is 20.6. The van der Waals surface area contributed by atoms with Crippen LogP contribution in [0, 0.1) is 0 Å². The number of H-pyrrole nitrogens is 1. The van der Waals surface area contributed by atoms with Crippen LogP contribution in [-0.2, 0) is 0 Å². The van der Waals surface area contributed by atoms with Gasteiger partial charge in [0.15, 0.2) is 5.78 Å². The van der Waals surface area contributed by atoms with E-state index in [0.717, 1.165) is 54.5 Å². The Morgan fingerprint density at radius 2 is 1.65 bits per heavy atom. The average Bonchev–Trinajstić information content (AvgIpc) is 3.37. The summed E-state index contributed by atoms with van der Waals surface area (Å²) in [5.74, 6) is -0.0568. The van der Waals surface area contributed by atoms with E-state index in [2.05, 4.69) is 15.5 Å². The van der Waals surface area contributed by atoms with Crippen molar-refractivity contribution in [3.05, 3.63) is 85.8 Å². The van der Waals surface area contributed by atoms with E-state index in [1.165, 1.54) is 0 Å². The number of carbonyl (C=O) groups excluding carboxylic acids is 1. The monoisotopic (exact) mass is 495 g/mol. The lowest BCUT2D eigenvalue weighted by Gasteiger charge is -2.40. The van der Waals surface area contributed by atoms with E-state index in [0.29, 0.717) is 36.6 Å². The highest BCUT2D eigenvalue weighted by Crippen LogP contribution is 2.30. The summed E-state index contributed by atoms with van der Waals surface area (Å²) in [6.45, 7) is 3.18. The van der Waals surface area contributed by atoms with Gasteiger partial charge in [0.25, 0.3) is 10.9 Å². The number of anilines is 2. The van der Waals surface area contributed by atoms with Crippen LogP contribution in [0.4, 0.5) is 11.4 Å². The van der Waals surface area contributed by atoms with E-state index in [9.17, 15) is 14.4 Å². The van der Waals surface area contributed by atoms with Gasteiger partial charge in [0.2, 0.25) is 0 Å². The van der Waals surface area contributed by atoms with Crippen LogP contribution in [0.1, 0.15) is 40.9 Å². The van der Waals surface area contributed by atoms with Gasteiger partial charge in [-0.15, -0.1) is 0 Å². The summed E-state index contributed by atoms with van der Waals surface area (Å²) in [6, 6.07) is 14.9. The Hall–Kier alpha value is -4.04. The Labute approximate surface area is 214 Å². The van der Waals surface area contributed by atoms with Crippen molar-refractivity contribution in [2.24, 2.45) is 0 Å². The van der Waals surface area contributed by atoms with E-state index in [4.69, 9.17) is 0 Å². The van der Waals surface area contributed by atoms with Crippen LogP contribution in [0.3, 0.4) is 0 Å². The Kier molecular flexibility index (Phi) is 6.18. The Balaban J connectivity index is 1.22. The van der Waals surface area contributed by atoms with Crippen molar-refractivity contribution >= 4 is 40.2 Å². The zero-order chi connectivity index (χ0) is 25.4. The molecule has 37 heavy (non-hydrogen) atoms. The molecule has 8 heteroatoms. The van der Waals surface area contributed by atoms with Crippen molar-refractivity contribution < 1.29 is 4.79 Å². The van der Waals surface area contributed by atoms with Gasteiger partial charge in [-0.2, -0.15) is 5.10 Å². The zero-order valence-corrected chi connectivity index (χ0v) is 20.6. The first kappa shape index (κ1) is 23.4. The summed E-state index contributed by atoms with van der Waals surface area (Å²) in [7, 11) is 0. The number of para-hydroxylation sites is 1. The number of aromatic nitrogens is 2. The average molecular weight is 496 g/mol. The fourth-order valence-electron chi connectivity index (χ4n) is 5.49. The first-order chi connectivity index (χ1) is 18.1. The molecule has 0 bridgehead atoms. The Morgan fingerprint density at radius 3 is 2.46 bits per heavy atom. The minimum absolute atomic E-state index is 0.0568. The number of hydrogen-bond acceptors (Lipinski definition) is 7. The van der Waals surface area contributed by atoms with E-state index < -0.39 is 16.9 Å². The van der Waals surface area contributed by atoms with Crippen LogP contribution in [0.25, 0.3) is 23.1 Å². The van der Waals surface area contributed by atoms with Gasteiger partial charge in [0.05, 0.1) is 11.2 Å². The number of piperidine rings is 1. The van der Waals surface area contributed by atoms with Crippen molar-refractivity contribution in [3.63, 3.8) is 0 Å². The molecule has 2 N–H and O–H groups in total. The lowest BCUT2D eigenvalue weighted by molar-refractivity contribution is 0.0950. The number of benzene rings is 2. The molecule has 2 aliphatic heterocycles. The maximum Gasteiger partial charge on any atom is 0.253 e. The van der Waals surface area contributed by atoms with E-state index in [-0.39, 0.29) is 5.78 Å². The number of hydrogen-bond donors (Lipinski definition) is 2. The molecule has 0 radical (unpaired) electrons. The third-order valence-corrected chi connectivity index (χ3v) is 7.49. The maximum atomic E-state index is 13.6. The van der Waals surface area contributed by atoms with E-state index in [1.54, 1.807) is 0 Å². The number of Topliss-reactive ketones (excluding diaryl/α,β-unsaturated/α-hetero) is 1. The molecule has 188 valence electrons. The quantitative estimate of drug-likeness (QED) is 0.313. The van der Waals surface area contributed by atoms with Gasteiger partial charge in [-0.1, -0.05) is 48.5 Å². The third kappa shape index (κ3) is 4.27. The second-order valence-electron chi connectivity index (χ2n) is 9.79. The second kappa shape index (κ2) is 9.78. The van der Waals surface area contributed by atoms with Crippen LogP contribution in [-0.4, -0.2) is 54.7 Å². The van der Waals surface area contributed by atoms with Crippen LogP contribution < -0.4 is 26.0 Å². The van der Waals surface area contributed by atoms with Crippen LogP contribution >= 0.6 is 0 Å². The molecule has 3 aromatic carbocycles. The molecule has 2 aliphatic rings. The predicted octanol–water partition coefficient (Wildman–Crippen LogP) is 2.98. The molecule has 3 heterocycles. The minimum atomic E-state index is -0.530. The number of nitrogens with one attached hydrogen (secondary N) is 2. The number of piperazine rings is 1. The van der Waals surface area contributed by atoms with Crippen molar-refractivity contribution in [2.45, 2.75) is 25.3 Å². The van der Waals surface area contributed by atoms with Crippen molar-refractivity contribution in [3.8, 4) is 0 Å². The fraction of sp³-hybridized carbons (Fsp3) is 0.310. The molecule has 4 aromatic rings. The van der Waals surface area contributed by atoms with Crippen molar-refractivity contribution in [1.82, 2.24) is 15.5 Å². The summed E-state index contributed by atoms with van der Waals surface area (Å²) in [5, 5.41) is 11.7. The summed E-state index contributed by atoms with van der Waals surface area (Å²) < 4.78 is 0.